The first-order valence-corrected chi connectivity index (χ1v) is 9.73. The smallest absolute Gasteiger partial charge is 0.365 e. The van der Waals surface area contributed by atoms with Gasteiger partial charge in [-0.25, -0.2) is 21.2 Å². The lowest BCUT2D eigenvalue weighted by atomic mass is 10.2. The van der Waals surface area contributed by atoms with Crippen LogP contribution in [0.5, 0.6) is 0 Å². The highest BCUT2D eigenvalue weighted by Crippen LogP contribution is 2.29. The molecule has 0 saturated carbocycles. The Bertz CT molecular complexity index is 1120. The van der Waals surface area contributed by atoms with Gasteiger partial charge in [0, 0.05) is 12.7 Å². The van der Waals surface area contributed by atoms with Gasteiger partial charge < -0.3 is 15.0 Å². The molecule has 4 rings (SSSR count). The molecular weight excluding hydrogens is 544 g/mol. The highest BCUT2D eigenvalue weighted by molar-refractivity contribution is 14.1. The average molecular weight is 557 g/mol. The van der Waals surface area contributed by atoms with E-state index in [1.165, 1.54) is 34.1 Å². The SMILES string of the molecule is O=C(Nc1cn(I)nc1C(F)F)c1cnn2ccc(N3CCOC(C(F)(F)F)C3)nc12. The minimum Gasteiger partial charge on any atom is -0.365 e. The van der Waals surface area contributed by atoms with Crippen LogP contribution in [0.3, 0.4) is 0 Å². The lowest BCUT2D eigenvalue weighted by molar-refractivity contribution is -0.221. The molecular formula is C16H13F5IN7O2. The molecule has 0 spiro atoms. The fraction of sp³-hybridized carbons (Fsp3) is 0.375. The number of carbonyl (C=O) groups is 1. The van der Waals surface area contributed by atoms with Crippen LogP contribution in [0, 0.1) is 0 Å². The van der Waals surface area contributed by atoms with Crippen molar-refractivity contribution in [3.63, 3.8) is 0 Å². The van der Waals surface area contributed by atoms with Crippen LogP contribution in [-0.4, -0.2) is 60.5 Å². The van der Waals surface area contributed by atoms with Gasteiger partial charge in [-0.05, 0) is 6.07 Å². The molecule has 0 aliphatic carbocycles. The summed E-state index contributed by atoms with van der Waals surface area (Å²) in [4.78, 5) is 18.3. The number of rotatable bonds is 4. The zero-order valence-corrected chi connectivity index (χ0v) is 17.5. The van der Waals surface area contributed by atoms with Gasteiger partial charge in [0.25, 0.3) is 12.3 Å². The van der Waals surface area contributed by atoms with Crippen molar-refractivity contribution in [2.45, 2.75) is 18.7 Å². The molecule has 1 amide bonds. The fourth-order valence-electron chi connectivity index (χ4n) is 3.06. The molecule has 31 heavy (non-hydrogen) atoms. The topological polar surface area (TPSA) is 89.6 Å². The highest BCUT2D eigenvalue weighted by Gasteiger charge is 2.43. The van der Waals surface area contributed by atoms with E-state index in [2.05, 4.69) is 20.5 Å². The van der Waals surface area contributed by atoms with Crippen molar-refractivity contribution in [2.24, 2.45) is 0 Å². The molecule has 9 nitrogen and oxygen atoms in total. The maximum atomic E-state index is 13.1. The molecule has 1 N–H and O–H groups in total. The zero-order chi connectivity index (χ0) is 22.3. The Morgan fingerprint density at radius 2 is 2.13 bits per heavy atom. The normalized spacial score (nSPS) is 17.5. The minimum atomic E-state index is -4.52. The van der Waals surface area contributed by atoms with E-state index in [9.17, 15) is 26.7 Å². The second-order valence-electron chi connectivity index (χ2n) is 6.53. The summed E-state index contributed by atoms with van der Waals surface area (Å²) in [5.74, 6) is -0.561. The summed E-state index contributed by atoms with van der Waals surface area (Å²) in [5.41, 5.74) is -0.750. The first kappa shape index (κ1) is 21.7. The first-order chi connectivity index (χ1) is 14.6. The average Bonchev–Trinajstić information content (AvgIpc) is 3.30. The number of halogens is 6. The summed E-state index contributed by atoms with van der Waals surface area (Å²) in [6.07, 6.45) is -5.52. The third-order valence-electron chi connectivity index (χ3n) is 4.52. The number of nitrogens with one attached hydrogen (secondary N) is 1. The monoisotopic (exact) mass is 557 g/mol. The van der Waals surface area contributed by atoms with E-state index < -0.39 is 36.9 Å². The number of morpholine rings is 1. The molecule has 1 aliphatic heterocycles. The number of fused-ring (bicyclic) bond motifs is 1. The Balaban J connectivity index is 1.61. The van der Waals surface area contributed by atoms with Gasteiger partial charge in [-0.15, -0.1) is 0 Å². The maximum Gasteiger partial charge on any atom is 0.416 e. The molecule has 1 fully saturated rings. The van der Waals surface area contributed by atoms with Crippen LogP contribution >= 0.6 is 22.9 Å². The van der Waals surface area contributed by atoms with Crippen LogP contribution in [0.15, 0.2) is 24.7 Å². The minimum absolute atomic E-state index is 0.0381. The van der Waals surface area contributed by atoms with Crippen LogP contribution in [0.4, 0.5) is 33.5 Å². The van der Waals surface area contributed by atoms with Crippen molar-refractivity contribution < 1.29 is 31.5 Å². The molecule has 15 heteroatoms. The standard InChI is InChI=1S/C16H13F5IN7O2/c17-13(18)12-9(6-29(22)26-12)24-15(30)8-5-23-28-2-1-11(25-14(8)28)27-3-4-31-10(7-27)16(19,20)21/h1-2,5-6,10,13H,3-4,7H2,(H,24,30). The molecule has 166 valence electrons. The van der Waals surface area contributed by atoms with Crippen molar-refractivity contribution in [1.82, 2.24) is 22.6 Å². The molecule has 3 aromatic rings. The molecule has 4 heterocycles. The lowest BCUT2D eigenvalue weighted by Gasteiger charge is -2.34. The van der Waals surface area contributed by atoms with Gasteiger partial charge in [0.1, 0.15) is 11.4 Å². The van der Waals surface area contributed by atoms with Gasteiger partial charge in [-0.1, -0.05) is 0 Å². The predicted molar refractivity (Wildman–Crippen MR) is 106 cm³/mol. The number of anilines is 2. The molecule has 0 bridgehead atoms. The second-order valence-corrected chi connectivity index (χ2v) is 7.52. The van der Waals surface area contributed by atoms with Crippen molar-refractivity contribution in [3.8, 4) is 0 Å². The van der Waals surface area contributed by atoms with Gasteiger partial charge in [0.05, 0.1) is 54.1 Å². The molecule has 3 aromatic heterocycles. The van der Waals surface area contributed by atoms with E-state index in [1.807, 2.05) is 0 Å². The summed E-state index contributed by atoms with van der Waals surface area (Å²) >= 11 is 1.67. The molecule has 1 saturated heterocycles. The van der Waals surface area contributed by atoms with E-state index in [-0.39, 0.29) is 35.9 Å². The van der Waals surface area contributed by atoms with E-state index in [1.54, 1.807) is 22.9 Å². The molecule has 0 aromatic carbocycles. The predicted octanol–water partition coefficient (Wildman–Crippen LogP) is 3.08. The van der Waals surface area contributed by atoms with Gasteiger partial charge in [-0.3, -0.25) is 4.79 Å². The number of alkyl halides is 5. The number of ether oxygens (including phenoxy) is 1. The van der Waals surface area contributed by atoms with E-state index in [0.29, 0.717) is 0 Å². The van der Waals surface area contributed by atoms with Crippen LogP contribution < -0.4 is 10.2 Å². The highest BCUT2D eigenvalue weighted by atomic mass is 127. The Morgan fingerprint density at radius 1 is 1.35 bits per heavy atom. The van der Waals surface area contributed by atoms with Crippen LogP contribution in [0.25, 0.3) is 5.65 Å². The van der Waals surface area contributed by atoms with Crippen LogP contribution in [0.2, 0.25) is 0 Å². The van der Waals surface area contributed by atoms with E-state index in [0.717, 1.165) is 2.90 Å². The second kappa shape index (κ2) is 8.18. The number of nitrogens with zero attached hydrogens (tertiary/aromatic N) is 6. The lowest BCUT2D eigenvalue weighted by Crippen LogP contribution is -2.49. The van der Waals surface area contributed by atoms with Gasteiger partial charge in [0.15, 0.2) is 17.4 Å². The Morgan fingerprint density at radius 3 is 2.84 bits per heavy atom. The summed E-state index contributed by atoms with van der Waals surface area (Å²) in [5, 5.41) is 9.94. The quantitative estimate of drug-likeness (QED) is 0.392. The molecule has 0 radical (unpaired) electrons. The number of amides is 1. The van der Waals surface area contributed by atoms with Crippen LogP contribution in [0.1, 0.15) is 22.5 Å². The largest absolute Gasteiger partial charge is 0.416 e. The van der Waals surface area contributed by atoms with Gasteiger partial charge >= 0.3 is 6.18 Å². The molecule has 1 unspecified atom stereocenters. The molecule has 1 atom stereocenters. The molecule has 1 aliphatic rings. The number of aromatic nitrogens is 5. The van der Waals surface area contributed by atoms with E-state index in [4.69, 9.17) is 4.74 Å². The van der Waals surface area contributed by atoms with Gasteiger partial charge in [-0.2, -0.15) is 23.4 Å². The Hall–Kier alpha value is -2.56. The number of carbonyl (C=O) groups excluding carboxylic acids is 1. The first-order valence-electron chi connectivity index (χ1n) is 8.76. The Labute approximate surface area is 184 Å². The van der Waals surface area contributed by atoms with Crippen molar-refractivity contribution in [3.05, 3.63) is 35.9 Å². The summed E-state index contributed by atoms with van der Waals surface area (Å²) in [7, 11) is 0. The van der Waals surface area contributed by atoms with Crippen LogP contribution in [-0.2, 0) is 4.74 Å². The summed E-state index contributed by atoms with van der Waals surface area (Å²) < 4.78 is 72.4. The van der Waals surface area contributed by atoms with Gasteiger partial charge in [0.2, 0.25) is 0 Å². The third kappa shape index (κ3) is 4.41. The van der Waals surface area contributed by atoms with Crippen molar-refractivity contribution >= 4 is 45.9 Å². The van der Waals surface area contributed by atoms with E-state index >= 15 is 0 Å². The summed E-state index contributed by atoms with van der Waals surface area (Å²) in [6.45, 7) is -0.409. The zero-order valence-electron chi connectivity index (χ0n) is 15.4. The maximum absolute atomic E-state index is 13.1. The number of hydrogen-bond donors (Lipinski definition) is 1. The third-order valence-corrected chi connectivity index (χ3v) is 5.02. The number of hydrogen-bond acceptors (Lipinski definition) is 6. The Kier molecular flexibility index (Phi) is 5.71. The van der Waals surface area contributed by atoms with Crippen molar-refractivity contribution in [2.75, 3.05) is 29.9 Å². The van der Waals surface area contributed by atoms with Crippen molar-refractivity contribution in [1.29, 1.82) is 0 Å². The summed E-state index contributed by atoms with van der Waals surface area (Å²) in [6, 6.07) is 1.47. The fourth-order valence-corrected chi connectivity index (χ4v) is 3.57.